The van der Waals surface area contributed by atoms with Gasteiger partial charge < -0.3 is 10.5 Å². The number of methoxy groups -OCH3 is 1. The van der Waals surface area contributed by atoms with Gasteiger partial charge in [-0.15, -0.1) is 0 Å². The topological polar surface area (TPSA) is 95.4 Å². The van der Waals surface area contributed by atoms with E-state index in [2.05, 4.69) is 0 Å². The normalized spacial score (nSPS) is 11.6. The van der Waals surface area contributed by atoms with Gasteiger partial charge in [0.15, 0.2) is 0 Å². The molecule has 20 heavy (non-hydrogen) atoms. The molecule has 0 saturated carbocycles. The Balaban J connectivity index is 0. The van der Waals surface area contributed by atoms with Crippen molar-refractivity contribution in [1.29, 1.82) is 0 Å². The van der Waals surface area contributed by atoms with Gasteiger partial charge in [0, 0.05) is 19.8 Å². The molecule has 5 nitrogen and oxygen atoms in total. The molecule has 0 heterocycles. The number of hydrogen-bond donors (Lipinski definition) is 2. The molecule has 0 amide bonds. The number of sulfonamides is 1. The van der Waals surface area contributed by atoms with Crippen molar-refractivity contribution in [2.75, 3.05) is 13.7 Å². The monoisotopic (exact) mass is 304 g/mol. The smallest absolute Gasteiger partial charge is 0.238 e. The minimum absolute atomic E-state index is 0.0928. The van der Waals surface area contributed by atoms with Crippen molar-refractivity contribution in [3.8, 4) is 0 Å². The molecule has 118 valence electrons. The fourth-order valence-corrected chi connectivity index (χ4v) is 1.83. The first-order chi connectivity index (χ1) is 9.45. The average molecular weight is 304 g/mol. The Morgan fingerprint density at radius 1 is 1.10 bits per heavy atom. The molecule has 0 aliphatic rings. The van der Waals surface area contributed by atoms with E-state index in [1.807, 2.05) is 27.7 Å². The molecule has 0 bridgehead atoms. The molecule has 0 aliphatic carbocycles. The SMILES string of the molecule is CC.CC.COCCC(N)c1ccc(S(N)(=O)=O)cc1. The van der Waals surface area contributed by atoms with Crippen molar-refractivity contribution in [1.82, 2.24) is 0 Å². The summed E-state index contributed by atoms with van der Waals surface area (Å²) in [5.74, 6) is 0. The van der Waals surface area contributed by atoms with Crippen LogP contribution in [0.15, 0.2) is 29.2 Å². The van der Waals surface area contributed by atoms with E-state index in [-0.39, 0.29) is 10.9 Å². The number of ether oxygens (including phenoxy) is 1. The van der Waals surface area contributed by atoms with Crippen LogP contribution in [0.4, 0.5) is 0 Å². The second kappa shape index (κ2) is 11.8. The van der Waals surface area contributed by atoms with Crippen LogP contribution < -0.4 is 10.9 Å². The van der Waals surface area contributed by atoms with E-state index in [0.29, 0.717) is 13.0 Å². The first kappa shape index (κ1) is 21.4. The highest BCUT2D eigenvalue weighted by Crippen LogP contribution is 2.16. The van der Waals surface area contributed by atoms with E-state index in [1.165, 1.54) is 12.1 Å². The lowest BCUT2D eigenvalue weighted by atomic mass is 10.1. The Morgan fingerprint density at radius 3 is 1.90 bits per heavy atom. The van der Waals surface area contributed by atoms with Crippen LogP contribution in [0.2, 0.25) is 0 Å². The molecule has 1 atom stereocenters. The van der Waals surface area contributed by atoms with Gasteiger partial charge in [-0.25, -0.2) is 13.6 Å². The first-order valence-corrected chi connectivity index (χ1v) is 8.37. The Labute approximate surface area is 123 Å². The van der Waals surface area contributed by atoms with Crippen LogP contribution in [0.25, 0.3) is 0 Å². The van der Waals surface area contributed by atoms with Crippen molar-refractivity contribution >= 4 is 10.0 Å². The Bertz CT molecular complexity index is 430. The second-order valence-electron chi connectivity index (χ2n) is 3.50. The maximum absolute atomic E-state index is 11.0. The molecule has 0 aliphatic heterocycles. The lowest BCUT2D eigenvalue weighted by Crippen LogP contribution is -2.14. The highest BCUT2D eigenvalue weighted by Gasteiger charge is 2.09. The van der Waals surface area contributed by atoms with Gasteiger partial charge in [0.05, 0.1) is 4.90 Å². The van der Waals surface area contributed by atoms with Crippen molar-refractivity contribution < 1.29 is 13.2 Å². The number of rotatable bonds is 5. The number of hydrogen-bond acceptors (Lipinski definition) is 4. The highest BCUT2D eigenvalue weighted by atomic mass is 32.2. The van der Waals surface area contributed by atoms with E-state index in [1.54, 1.807) is 19.2 Å². The van der Waals surface area contributed by atoms with Gasteiger partial charge in [0.1, 0.15) is 0 Å². The fraction of sp³-hybridized carbons (Fsp3) is 0.571. The highest BCUT2D eigenvalue weighted by molar-refractivity contribution is 7.89. The summed E-state index contributed by atoms with van der Waals surface area (Å²) in [5, 5.41) is 4.98. The number of nitrogens with two attached hydrogens (primary N) is 2. The summed E-state index contributed by atoms with van der Waals surface area (Å²) in [7, 11) is -2.02. The van der Waals surface area contributed by atoms with Crippen LogP contribution in [0.5, 0.6) is 0 Å². The Morgan fingerprint density at radius 2 is 1.55 bits per heavy atom. The molecular formula is C14H28N2O3S. The number of primary sulfonamides is 1. The summed E-state index contributed by atoms with van der Waals surface area (Å²) in [6.45, 7) is 8.57. The largest absolute Gasteiger partial charge is 0.385 e. The molecule has 0 aromatic heterocycles. The van der Waals surface area contributed by atoms with Crippen LogP contribution in [-0.2, 0) is 14.8 Å². The van der Waals surface area contributed by atoms with E-state index in [0.717, 1.165) is 5.56 Å². The third kappa shape index (κ3) is 8.27. The molecule has 1 aromatic carbocycles. The van der Waals surface area contributed by atoms with E-state index in [4.69, 9.17) is 15.6 Å². The average Bonchev–Trinajstić information content (AvgIpc) is 2.48. The van der Waals surface area contributed by atoms with E-state index in [9.17, 15) is 8.42 Å². The van der Waals surface area contributed by atoms with Crippen molar-refractivity contribution in [3.63, 3.8) is 0 Å². The maximum atomic E-state index is 11.0. The summed E-state index contributed by atoms with van der Waals surface area (Å²) in [6.07, 6.45) is 0.686. The molecule has 4 N–H and O–H groups in total. The molecule has 0 radical (unpaired) electrons. The van der Waals surface area contributed by atoms with Crippen molar-refractivity contribution in [2.24, 2.45) is 10.9 Å². The minimum atomic E-state index is -3.63. The second-order valence-corrected chi connectivity index (χ2v) is 5.06. The van der Waals surface area contributed by atoms with E-state index >= 15 is 0 Å². The van der Waals surface area contributed by atoms with Crippen LogP contribution in [0.3, 0.4) is 0 Å². The zero-order chi connectivity index (χ0) is 16.2. The quantitative estimate of drug-likeness (QED) is 0.873. The molecule has 0 spiro atoms. The van der Waals surface area contributed by atoms with Gasteiger partial charge >= 0.3 is 0 Å². The molecular weight excluding hydrogens is 276 g/mol. The molecule has 6 heteroatoms. The lowest BCUT2D eigenvalue weighted by Gasteiger charge is -2.11. The van der Waals surface area contributed by atoms with Gasteiger partial charge in [-0.05, 0) is 24.1 Å². The predicted molar refractivity (Wildman–Crippen MR) is 83.9 cm³/mol. The molecule has 1 aromatic rings. The van der Waals surface area contributed by atoms with Crippen LogP contribution in [0.1, 0.15) is 45.7 Å². The summed E-state index contributed by atoms with van der Waals surface area (Å²) in [5.41, 5.74) is 6.74. The van der Waals surface area contributed by atoms with Gasteiger partial charge in [-0.2, -0.15) is 0 Å². The Hall–Kier alpha value is -0.950. The third-order valence-corrected chi connectivity index (χ3v) is 3.20. The predicted octanol–water partition coefficient (Wildman–Crippen LogP) is 2.42. The maximum Gasteiger partial charge on any atom is 0.238 e. The van der Waals surface area contributed by atoms with Crippen LogP contribution in [0, 0.1) is 0 Å². The fourth-order valence-electron chi connectivity index (χ4n) is 1.32. The Kier molecular flexibility index (Phi) is 12.6. The lowest BCUT2D eigenvalue weighted by molar-refractivity contribution is 0.188. The van der Waals surface area contributed by atoms with Crippen molar-refractivity contribution in [2.45, 2.75) is 45.1 Å². The first-order valence-electron chi connectivity index (χ1n) is 6.82. The summed E-state index contributed by atoms with van der Waals surface area (Å²) in [4.78, 5) is 0.0928. The van der Waals surface area contributed by atoms with Gasteiger partial charge in [-0.1, -0.05) is 39.8 Å². The summed E-state index contributed by atoms with van der Waals surface area (Å²) < 4.78 is 26.9. The van der Waals surface area contributed by atoms with Gasteiger partial charge in [-0.3, -0.25) is 0 Å². The molecule has 1 unspecified atom stereocenters. The minimum Gasteiger partial charge on any atom is -0.385 e. The standard InChI is InChI=1S/C10H16N2O3S.2C2H6/c1-15-7-6-10(11)8-2-4-9(5-3-8)16(12,13)14;2*1-2/h2-5,10H,6-7,11H2,1H3,(H2,12,13,14);2*1-2H3. The molecule has 1 rings (SSSR count). The van der Waals surface area contributed by atoms with E-state index < -0.39 is 10.0 Å². The van der Waals surface area contributed by atoms with Gasteiger partial charge in [0.2, 0.25) is 10.0 Å². The van der Waals surface area contributed by atoms with Gasteiger partial charge in [0.25, 0.3) is 0 Å². The molecule has 0 saturated heterocycles. The third-order valence-electron chi connectivity index (χ3n) is 2.27. The summed E-state index contributed by atoms with van der Waals surface area (Å²) >= 11 is 0. The molecule has 0 fully saturated rings. The zero-order valence-corrected chi connectivity index (χ0v) is 13.9. The summed E-state index contributed by atoms with van der Waals surface area (Å²) in [6, 6.07) is 6.09. The van der Waals surface area contributed by atoms with Crippen LogP contribution in [-0.4, -0.2) is 22.1 Å². The zero-order valence-electron chi connectivity index (χ0n) is 13.1. The van der Waals surface area contributed by atoms with Crippen LogP contribution >= 0.6 is 0 Å². The van der Waals surface area contributed by atoms with Crippen molar-refractivity contribution in [3.05, 3.63) is 29.8 Å². The number of benzene rings is 1.